The summed E-state index contributed by atoms with van der Waals surface area (Å²) >= 11 is 17.9. The van der Waals surface area contributed by atoms with E-state index in [1.165, 1.54) is 12.1 Å². The summed E-state index contributed by atoms with van der Waals surface area (Å²) in [6.07, 6.45) is 0. The van der Waals surface area contributed by atoms with Gasteiger partial charge < -0.3 is 10.6 Å². The van der Waals surface area contributed by atoms with Gasteiger partial charge >= 0.3 is 11.4 Å². The highest BCUT2D eigenvalue weighted by Gasteiger charge is 2.26. The first kappa shape index (κ1) is 34.8. The zero-order valence-electron chi connectivity index (χ0n) is 23.5. The largest absolute Gasteiger partial charge is 0.393 e. The van der Waals surface area contributed by atoms with E-state index in [1.807, 2.05) is 18.7 Å². The topological polar surface area (TPSA) is 236 Å². The number of rotatable bonds is 6. The molecule has 0 aliphatic rings. The number of nitrogens with zero attached hydrogens (tertiary/aromatic N) is 10. The Morgan fingerprint density at radius 3 is 1.80 bits per heavy atom. The molecule has 0 amide bonds. The number of aryl methyl sites for hydroxylation is 1. The lowest BCUT2D eigenvalue weighted by Crippen LogP contribution is -2.23. The Morgan fingerprint density at radius 2 is 1.26 bits per heavy atom. The second-order valence-corrected chi connectivity index (χ2v) is 12.1. The van der Waals surface area contributed by atoms with E-state index in [0.717, 1.165) is 39.7 Å². The highest BCUT2D eigenvalue weighted by Crippen LogP contribution is 2.39. The molecule has 6 aromatic rings. The van der Waals surface area contributed by atoms with E-state index < -0.39 is 9.85 Å². The molecule has 17 nitrogen and oxygen atoms in total. The standard InChI is InChI=1S/C10H11BrN4O2S.C7H4ClN3O2S.C6H3ClN4O2S/c1-3-14(4-2)7-5-6(11)8-9(13-18-12-8)10(7)15(16)17;1-3-2-4(11(12)13)6-7(5(3)8)10-14-9-6;7-2-1-3(8)6(11(12)13)5-4(2)9-14-10-5/h5H,3-4H2,1-2H3;2H,1H3;1H,8H2. The lowest BCUT2D eigenvalue weighted by Gasteiger charge is -2.20. The van der Waals surface area contributed by atoms with Crippen LogP contribution in [0.1, 0.15) is 19.4 Å². The van der Waals surface area contributed by atoms with Gasteiger partial charge in [0.05, 0.1) is 60.0 Å². The highest BCUT2D eigenvalue weighted by atomic mass is 79.9. The molecule has 23 heteroatoms. The molecule has 0 saturated carbocycles. The fourth-order valence-electron chi connectivity index (χ4n) is 4.13. The van der Waals surface area contributed by atoms with Crippen LogP contribution in [-0.4, -0.2) is 54.1 Å². The van der Waals surface area contributed by atoms with Gasteiger partial charge in [0.1, 0.15) is 27.9 Å². The first-order chi connectivity index (χ1) is 21.8. The van der Waals surface area contributed by atoms with Gasteiger partial charge in [-0.25, -0.2) is 0 Å². The summed E-state index contributed by atoms with van der Waals surface area (Å²) in [4.78, 5) is 33.1. The minimum atomic E-state index is -0.588. The number of nitro groups is 3. The van der Waals surface area contributed by atoms with Gasteiger partial charge in [0.15, 0.2) is 16.6 Å². The number of aromatic nitrogens is 6. The maximum absolute atomic E-state index is 11.3. The zero-order valence-corrected chi connectivity index (χ0v) is 29.1. The molecule has 240 valence electrons. The van der Waals surface area contributed by atoms with Crippen LogP contribution in [-0.2, 0) is 0 Å². The van der Waals surface area contributed by atoms with Gasteiger partial charge in [0.2, 0.25) is 0 Å². The summed E-state index contributed by atoms with van der Waals surface area (Å²) < 4.78 is 24.2. The second kappa shape index (κ2) is 14.6. The fourth-order valence-corrected chi connectivity index (χ4v) is 6.96. The van der Waals surface area contributed by atoms with E-state index in [1.54, 1.807) is 13.0 Å². The first-order valence-corrected chi connectivity index (χ1v) is 16.3. The third-order valence-electron chi connectivity index (χ3n) is 6.24. The number of halogens is 3. The van der Waals surface area contributed by atoms with E-state index in [0.29, 0.717) is 51.4 Å². The number of nitrogen functional groups attached to an aromatic ring is 1. The van der Waals surface area contributed by atoms with Gasteiger partial charge in [0, 0.05) is 23.6 Å². The third kappa shape index (κ3) is 6.88. The zero-order chi connectivity index (χ0) is 33.9. The highest BCUT2D eigenvalue weighted by molar-refractivity contribution is 9.10. The van der Waals surface area contributed by atoms with Gasteiger partial charge in [-0.3, -0.25) is 30.3 Å². The van der Waals surface area contributed by atoms with Gasteiger partial charge in [-0.2, -0.15) is 26.2 Å². The summed E-state index contributed by atoms with van der Waals surface area (Å²) in [6.45, 7) is 7.03. The predicted molar refractivity (Wildman–Crippen MR) is 183 cm³/mol. The molecule has 0 spiro atoms. The lowest BCUT2D eigenvalue weighted by atomic mass is 10.2. The number of anilines is 2. The molecule has 0 aliphatic heterocycles. The summed E-state index contributed by atoms with van der Waals surface area (Å²) in [5.74, 6) is 0. The second-order valence-electron chi connectivity index (χ2n) is 8.88. The van der Waals surface area contributed by atoms with Crippen molar-refractivity contribution in [3.63, 3.8) is 0 Å². The molecule has 3 aromatic heterocycles. The van der Waals surface area contributed by atoms with Crippen molar-refractivity contribution < 1.29 is 14.8 Å². The predicted octanol–water partition coefficient (Wildman–Crippen LogP) is 7.60. The molecular formula is C23H18BrCl2N11O6S3. The lowest BCUT2D eigenvalue weighted by molar-refractivity contribution is -0.383. The van der Waals surface area contributed by atoms with E-state index >= 15 is 0 Å². The van der Waals surface area contributed by atoms with E-state index in [-0.39, 0.29) is 43.7 Å². The molecule has 6 rings (SSSR count). The van der Waals surface area contributed by atoms with Crippen LogP contribution in [0.15, 0.2) is 22.7 Å². The van der Waals surface area contributed by atoms with Gasteiger partial charge in [0.25, 0.3) is 5.69 Å². The van der Waals surface area contributed by atoms with E-state index in [2.05, 4.69) is 42.2 Å². The van der Waals surface area contributed by atoms with Crippen LogP contribution in [0.3, 0.4) is 0 Å². The van der Waals surface area contributed by atoms with E-state index in [4.69, 9.17) is 28.9 Å². The van der Waals surface area contributed by atoms with Gasteiger partial charge in [-0.1, -0.05) is 23.2 Å². The van der Waals surface area contributed by atoms with Crippen molar-refractivity contribution in [2.75, 3.05) is 23.7 Å². The fraction of sp³-hybridized carbons (Fsp3) is 0.217. The van der Waals surface area contributed by atoms with Crippen LogP contribution >= 0.6 is 74.3 Å². The summed E-state index contributed by atoms with van der Waals surface area (Å²) in [5.41, 5.74) is 8.45. The monoisotopic (exact) mass is 789 g/mol. The first-order valence-electron chi connectivity index (χ1n) is 12.6. The van der Waals surface area contributed by atoms with Crippen molar-refractivity contribution in [3.05, 3.63) is 68.6 Å². The third-order valence-corrected chi connectivity index (χ3v) is 9.20. The SMILES string of the molecule is CCN(CC)c1cc(Br)c2nsnc2c1[N+](=O)[O-].Cc1cc([N+](=O)[O-])c2nsnc2c1Cl.Nc1cc(Cl)c2nsnc2c1[N+](=O)[O-]. The molecule has 0 saturated heterocycles. The average molecular weight is 791 g/mol. The van der Waals surface area contributed by atoms with Crippen LogP contribution in [0.4, 0.5) is 28.4 Å². The van der Waals surface area contributed by atoms with Crippen LogP contribution in [0.25, 0.3) is 33.1 Å². The van der Waals surface area contributed by atoms with Crippen LogP contribution < -0.4 is 10.6 Å². The molecule has 0 fully saturated rings. The quantitative estimate of drug-likeness (QED) is 0.0971. The van der Waals surface area contributed by atoms with Crippen LogP contribution in [0.5, 0.6) is 0 Å². The number of nitrogens with two attached hydrogens (primary N) is 1. The molecule has 3 heterocycles. The van der Waals surface area contributed by atoms with Crippen LogP contribution in [0, 0.1) is 37.3 Å². The van der Waals surface area contributed by atoms with Crippen molar-refractivity contribution in [2.45, 2.75) is 20.8 Å². The average Bonchev–Trinajstić information content (AvgIpc) is 3.77. The molecular weight excluding hydrogens is 773 g/mol. The maximum Gasteiger partial charge on any atom is 0.321 e. The van der Waals surface area contributed by atoms with Crippen molar-refractivity contribution in [3.8, 4) is 0 Å². The number of non-ortho nitro benzene ring substituents is 1. The Morgan fingerprint density at radius 1 is 0.761 bits per heavy atom. The summed E-state index contributed by atoms with van der Waals surface area (Å²) in [6, 6.07) is 4.46. The van der Waals surface area contributed by atoms with Crippen molar-refractivity contribution in [1.82, 2.24) is 26.2 Å². The summed E-state index contributed by atoms with van der Waals surface area (Å²) in [5, 5.41) is 33.3. The van der Waals surface area contributed by atoms with Gasteiger partial charge in [-0.05, 0) is 54.4 Å². The number of nitro benzene ring substituents is 3. The van der Waals surface area contributed by atoms with Gasteiger partial charge in [-0.15, -0.1) is 0 Å². The molecule has 46 heavy (non-hydrogen) atoms. The minimum Gasteiger partial charge on any atom is -0.393 e. The normalized spacial score (nSPS) is 10.7. The van der Waals surface area contributed by atoms with E-state index in [9.17, 15) is 30.3 Å². The Labute approximate surface area is 288 Å². The van der Waals surface area contributed by atoms with Crippen molar-refractivity contribution in [1.29, 1.82) is 0 Å². The Hall–Kier alpha value is -4.02. The molecule has 0 unspecified atom stereocenters. The Kier molecular flexibility index (Phi) is 11.1. The number of benzene rings is 3. The van der Waals surface area contributed by atoms with Crippen molar-refractivity contribution in [2.24, 2.45) is 0 Å². The molecule has 2 N–H and O–H groups in total. The molecule has 0 radical (unpaired) electrons. The number of hydrogen-bond donors (Lipinski definition) is 1. The van der Waals surface area contributed by atoms with Crippen molar-refractivity contribution >= 4 is 136 Å². The molecule has 0 aliphatic carbocycles. The Bertz CT molecular complexity index is 2120. The molecule has 0 bridgehead atoms. The Balaban J connectivity index is 0.000000158. The molecule has 0 atom stereocenters. The molecule has 3 aromatic carbocycles. The van der Waals surface area contributed by atoms with Crippen LogP contribution in [0.2, 0.25) is 10.0 Å². The minimum absolute atomic E-state index is 0.000185. The maximum atomic E-state index is 11.3. The number of fused-ring (bicyclic) bond motifs is 3. The smallest absolute Gasteiger partial charge is 0.321 e. The number of hydrogen-bond acceptors (Lipinski definition) is 17. The summed E-state index contributed by atoms with van der Waals surface area (Å²) in [7, 11) is 0.